The van der Waals surface area contributed by atoms with Gasteiger partial charge in [-0.1, -0.05) is 6.07 Å². The van der Waals surface area contributed by atoms with Crippen LogP contribution in [0.5, 0.6) is 23.0 Å². The van der Waals surface area contributed by atoms with Crippen molar-refractivity contribution in [1.82, 2.24) is 0 Å². The molecule has 0 fully saturated rings. The maximum Gasteiger partial charge on any atom is 0.343 e. The summed E-state index contributed by atoms with van der Waals surface area (Å²) in [6.45, 7) is 1.30. The highest BCUT2D eigenvalue weighted by Crippen LogP contribution is 2.53. The van der Waals surface area contributed by atoms with E-state index in [1.54, 1.807) is 0 Å². The van der Waals surface area contributed by atoms with Crippen LogP contribution in [0.3, 0.4) is 0 Å². The maximum absolute atomic E-state index is 12.8. The summed E-state index contributed by atoms with van der Waals surface area (Å²) >= 11 is 0. The summed E-state index contributed by atoms with van der Waals surface area (Å²) < 4.78 is 28.8. The van der Waals surface area contributed by atoms with E-state index in [4.69, 9.17) is 23.7 Å². The number of benzene rings is 2. The zero-order chi connectivity index (χ0) is 19.0. The van der Waals surface area contributed by atoms with Crippen molar-refractivity contribution in [3.8, 4) is 23.0 Å². The number of carbonyl (C=O) groups excluding carboxylic acids is 1. The van der Waals surface area contributed by atoms with E-state index >= 15 is 0 Å². The lowest BCUT2D eigenvalue weighted by Crippen LogP contribution is -3.00. The number of esters is 1. The van der Waals surface area contributed by atoms with Gasteiger partial charge in [-0.15, -0.1) is 0 Å². The Hall–Kier alpha value is -2.64. The second-order valence-electron chi connectivity index (χ2n) is 8.19. The molecule has 4 aliphatic rings. The minimum Gasteiger partial charge on any atom is -1.00 e. The molecule has 0 aromatic heterocycles. The Morgan fingerprint density at radius 1 is 0.931 bits per heavy atom. The quantitative estimate of drug-likeness (QED) is 0.470. The topological polar surface area (TPSA) is 63.2 Å². The van der Waals surface area contributed by atoms with Crippen LogP contribution in [-0.4, -0.2) is 44.7 Å². The molecule has 29 heavy (non-hydrogen) atoms. The van der Waals surface area contributed by atoms with Gasteiger partial charge in [0.25, 0.3) is 0 Å². The summed E-state index contributed by atoms with van der Waals surface area (Å²) in [5, 5.41) is 0. The largest absolute Gasteiger partial charge is 1.00 e. The zero-order valence-electron chi connectivity index (χ0n) is 16.1. The summed E-state index contributed by atoms with van der Waals surface area (Å²) in [6, 6.07) is 7.87. The van der Waals surface area contributed by atoms with E-state index in [-0.39, 0.29) is 38.0 Å². The molecule has 0 bridgehead atoms. The van der Waals surface area contributed by atoms with Crippen molar-refractivity contribution in [2.45, 2.75) is 18.6 Å². The molecule has 152 valence electrons. The lowest BCUT2D eigenvalue weighted by molar-refractivity contribution is -0.927. The van der Waals surface area contributed by atoms with Crippen LogP contribution in [0.15, 0.2) is 24.3 Å². The highest BCUT2D eigenvalue weighted by atomic mass is 35.5. The molecule has 4 heterocycles. The number of hydrogen-bond acceptors (Lipinski definition) is 6. The van der Waals surface area contributed by atoms with Gasteiger partial charge in [-0.25, -0.2) is 4.79 Å². The van der Waals surface area contributed by atoms with Crippen molar-refractivity contribution in [3.05, 3.63) is 46.5 Å². The lowest BCUT2D eigenvalue weighted by Gasteiger charge is -2.44. The fourth-order valence-electron chi connectivity index (χ4n) is 4.85. The normalized spacial score (nSPS) is 24.4. The third kappa shape index (κ3) is 2.50. The summed E-state index contributed by atoms with van der Waals surface area (Å²) in [6.07, 6.45) is 0.538. The van der Waals surface area contributed by atoms with E-state index in [1.165, 1.54) is 5.56 Å². The Balaban J connectivity index is 0.00000181. The fourth-order valence-corrected chi connectivity index (χ4v) is 4.85. The summed E-state index contributed by atoms with van der Waals surface area (Å²) in [5.74, 6) is 2.28. The van der Waals surface area contributed by atoms with E-state index in [1.807, 2.05) is 12.1 Å². The van der Waals surface area contributed by atoms with Gasteiger partial charge in [0.1, 0.15) is 5.56 Å². The van der Waals surface area contributed by atoms with Crippen molar-refractivity contribution in [1.29, 1.82) is 0 Å². The van der Waals surface area contributed by atoms with Crippen LogP contribution in [0.25, 0.3) is 0 Å². The highest BCUT2D eigenvalue weighted by Gasteiger charge is 2.50. The minimum absolute atomic E-state index is 0. The lowest BCUT2D eigenvalue weighted by atomic mass is 9.84. The van der Waals surface area contributed by atoms with Gasteiger partial charge in [0, 0.05) is 17.5 Å². The Kier molecular flexibility index (Phi) is 3.92. The van der Waals surface area contributed by atoms with Crippen molar-refractivity contribution in [2.24, 2.45) is 0 Å². The van der Waals surface area contributed by atoms with E-state index < -0.39 is 6.10 Å². The number of fused-ring (bicyclic) bond motifs is 5. The summed E-state index contributed by atoms with van der Waals surface area (Å²) in [7, 11) is 4.36. The maximum atomic E-state index is 12.8. The van der Waals surface area contributed by atoms with E-state index in [0.717, 1.165) is 35.6 Å². The molecular weight excluding hydrogens is 398 g/mol. The first-order chi connectivity index (χ1) is 13.5. The van der Waals surface area contributed by atoms with Crippen molar-refractivity contribution in [2.75, 3.05) is 34.2 Å². The number of likely N-dealkylation sites (N-methyl/N-ethyl adjacent to an activating group) is 1. The molecule has 0 aliphatic carbocycles. The second kappa shape index (κ2) is 6.18. The molecule has 7 nitrogen and oxygen atoms in total. The highest BCUT2D eigenvalue weighted by molar-refractivity contribution is 5.98. The monoisotopic (exact) mass is 417 g/mol. The second-order valence-corrected chi connectivity index (χ2v) is 8.19. The molecule has 8 heteroatoms. The number of carbonyl (C=O) groups is 1. The summed E-state index contributed by atoms with van der Waals surface area (Å²) in [5.41, 5.74) is 3.71. The molecule has 6 rings (SSSR count). The average molecular weight is 418 g/mol. The first-order valence-corrected chi connectivity index (χ1v) is 9.41. The van der Waals surface area contributed by atoms with Gasteiger partial charge in [0.05, 0.1) is 20.6 Å². The smallest absolute Gasteiger partial charge is 0.343 e. The molecule has 2 aromatic carbocycles. The molecule has 0 radical (unpaired) electrons. The standard InChI is InChI=1S/C21H20NO6.ClH/c1-22(2)6-5-11-7-15-16(26-9-25-15)8-13(11)18(22)19-12-3-4-14-20(27-10-24-14)17(12)21(23)28-19;/h3-4,7-8,18-19H,5-6,9-10H2,1-2H3;1H/q+1;/p-1/t18-,19?;/m0./s1. The van der Waals surface area contributed by atoms with Gasteiger partial charge < -0.3 is 40.6 Å². The Labute approximate surface area is 174 Å². The fraction of sp³-hybridized carbons (Fsp3) is 0.381. The molecular formula is C21H20ClNO6. The third-order valence-electron chi connectivity index (χ3n) is 6.27. The van der Waals surface area contributed by atoms with Crippen LogP contribution in [0, 0.1) is 0 Å². The SMILES string of the molecule is C[N+]1(C)CCc2cc3c(cc2[C@H]1C1OC(=O)c2c1ccc1c2OCO1)OCO3.[Cl-]. The third-order valence-corrected chi connectivity index (χ3v) is 6.27. The molecule has 2 atom stereocenters. The van der Waals surface area contributed by atoms with Crippen LogP contribution in [0.2, 0.25) is 0 Å². The number of nitrogens with zero attached hydrogens (tertiary/aromatic N) is 1. The van der Waals surface area contributed by atoms with Gasteiger partial charge in [0.2, 0.25) is 13.6 Å². The van der Waals surface area contributed by atoms with E-state index in [9.17, 15) is 4.79 Å². The van der Waals surface area contributed by atoms with Crippen molar-refractivity contribution in [3.63, 3.8) is 0 Å². The predicted octanol–water partition coefficient (Wildman–Crippen LogP) is -0.267. The number of cyclic esters (lactones) is 1. The van der Waals surface area contributed by atoms with Gasteiger partial charge in [0.15, 0.2) is 35.1 Å². The molecule has 4 aliphatic heterocycles. The van der Waals surface area contributed by atoms with Gasteiger partial charge in [-0.2, -0.15) is 0 Å². The number of hydrogen-bond donors (Lipinski definition) is 0. The Bertz CT molecular complexity index is 1040. The van der Waals surface area contributed by atoms with Crippen LogP contribution in [-0.2, 0) is 11.2 Å². The number of halogens is 1. The first-order valence-electron chi connectivity index (χ1n) is 9.41. The van der Waals surface area contributed by atoms with E-state index in [2.05, 4.69) is 26.2 Å². The molecule has 1 unspecified atom stereocenters. The average Bonchev–Trinajstić information content (AvgIpc) is 3.37. The predicted molar refractivity (Wildman–Crippen MR) is 96.7 cm³/mol. The molecule has 0 spiro atoms. The number of ether oxygens (including phenoxy) is 5. The van der Waals surface area contributed by atoms with Crippen molar-refractivity contribution >= 4 is 5.97 Å². The zero-order valence-corrected chi connectivity index (χ0v) is 16.8. The van der Waals surface area contributed by atoms with Crippen LogP contribution in [0.4, 0.5) is 0 Å². The Morgan fingerprint density at radius 3 is 2.48 bits per heavy atom. The van der Waals surface area contributed by atoms with Crippen LogP contribution < -0.4 is 31.4 Å². The molecule has 0 saturated heterocycles. The molecule has 0 N–H and O–H groups in total. The van der Waals surface area contributed by atoms with Crippen LogP contribution in [0.1, 0.15) is 39.2 Å². The van der Waals surface area contributed by atoms with Crippen LogP contribution >= 0.6 is 0 Å². The molecule has 0 amide bonds. The first kappa shape index (κ1) is 18.4. The van der Waals surface area contributed by atoms with Crippen molar-refractivity contribution < 1.29 is 45.4 Å². The van der Waals surface area contributed by atoms with Gasteiger partial charge >= 0.3 is 5.97 Å². The Morgan fingerprint density at radius 2 is 1.66 bits per heavy atom. The number of rotatable bonds is 1. The molecule has 0 saturated carbocycles. The number of quaternary nitrogens is 1. The van der Waals surface area contributed by atoms with Gasteiger partial charge in [-0.05, 0) is 23.8 Å². The minimum atomic E-state index is -0.397. The molecule has 2 aromatic rings. The van der Waals surface area contributed by atoms with E-state index in [0.29, 0.717) is 21.5 Å². The van der Waals surface area contributed by atoms with Gasteiger partial charge in [-0.3, -0.25) is 0 Å². The summed E-state index contributed by atoms with van der Waals surface area (Å²) in [4.78, 5) is 12.8.